The Morgan fingerprint density at radius 2 is 2.15 bits per heavy atom. The van der Waals surface area contributed by atoms with Gasteiger partial charge in [0.05, 0.1) is 6.20 Å². The first kappa shape index (κ1) is 14.4. The molecular formula is C12H14F3N5. The van der Waals surface area contributed by atoms with E-state index < -0.39 is 11.9 Å². The van der Waals surface area contributed by atoms with E-state index >= 15 is 0 Å². The predicted molar refractivity (Wildman–Crippen MR) is 66.2 cm³/mol. The summed E-state index contributed by atoms with van der Waals surface area (Å²) in [4.78, 5) is 0. The van der Waals surface area contributed by atoms with Crippen molar-refractivity contribution < 1.29 is 13.2 Å². The van der Waals surface area contributed by atoms with Gasteiger partial charge in [0, 0.05) is 18.3 Å². The summed E-state index contributed by atoms with van der Waals surface area (Å²) in [6.07, 6.45) is -1.05. The van der Waals surface area contributed by atoms with Crippen LogP contribution in [0.1, 0.15) is 24.6 Å². The smallest absolute Gasteiger partial charge is 0.313 e. The van der Waals surface area contributed by atoms with Gasteiger partial charge in [-0.05, 0) is 25.1 Å². The van der Waals surface area contributed by atoms with E-state index in [0.29, 0.717) is 6.54 Å². The molecule has 0 aliphatic heterocycles. The molecule has 1 N–H and O–H groups in total. The van der Waals surface area contributed by atoms with Crippen molar-refractivity contribution in [2.45, 2.75) is 26.1 Å². The average Bonchev–Trinajstić information content (AvgIpc) is 2.84. The molecular weight excluding hydrogens is 271 g/mol. The minimum absolute atomic E-state index is 0.0431. The van der Waals surface area contributed by atoms with Crippen molar-refractivity contribution in [2.24, 2.45) is 0 Å². The Bertz CT molecular complexity index is 550. The lowest BCUT2D eigenvalue weighted by Crippen LogP contribution is -2.20. The highest BCUT2D eigenvalue weighted by Crippen LogP contribution is 2.33. The van der Waals surface area contributed by atoms with Crippen molar-refractivity contribution in [3.05, 3.63) is 35.8 Å². The zero-order chi connectivity index (χ0) is 14.6. The number of nitrogens with zero attached hydrogens (tertiary/aromatic N) is 4. The monoisotopic (exact) mass is 285 g/mol. The van der Waals surface area contributed by atoms with E-state index in [0.717, 1.165) is 11.1 Å². The predicted octanol–water partition coefficient (Wildman–Crippen LogP) is 2.18. The minimum atomic E-state index is -4.50. The van der Waals surface area contributed by atoms with Crippen LogP contribution in [0.3, 0.4) is 0 Å². The van der Waals surface area contributed by atoms with Gasteiger partial charge in [-0.2, -0.15) is 23.4 Å². The number of rotatable bonds is 5. The van der Waals surface area contributed by atoms with Crippen LogP contribution >= 0.6 is 0 Å². The molecule has 0 amide bonds. The maximum Gasteiger partial charge on any atom is 0.433 e. The van der Waals surface area contributed by atoms with Crippen LogP contribution in [0.5, 0.6) is 0 Å². The van der Waals surface area contributed by atoms with E-state index in [1.807, 2.05) is 6.92 Å². The van der Waals surface area contributed by atoms with Crippen LogP contribution in [-0.4, -0.2) is 26.5 Å². The van der Waals surface area contributed by atoms with E-state index in [1.54, 1.807) is 0 Å². The normalized spacial score (nSPS) is 11.8. The Balaban J connectivity index is 2.38. The number of aromatic nitrogens is 4. The van der Waals surface area contributed by atoms with Gasteiger partial charge in [-0.1, -0.05) is 6.92 Å². The summed E-state index contributed by atoms with van der Waals surface area (Å²) < 4.78 is 40.4. The van der Waals surface area contributed by atoms with Crippen LogP contribution in [-0.2, 0) is 12.7 Å². The highest BCUT2D eigenvalue weighted by atomic mass is 19.4. The van der Waals surface area contributed by atoms with E-state index in [1.165, 1.54) is 24.5 Å². The lowest BCUT2D eigenvalue weighted by atomic mass is 10.2. The highest BCUT2D eigenvalue weighted by Gasteiger charge is 2.38. The molecule has 0 saturated heterocycles. The van der Waals surface area contributed by atoms with Crippen LogP contribution < -0.4 is 5.32 Å². The van der Waals surface area contributed by atoms with Crippen LogP contribution in [0.25, 0.3) is 5.82 Å². The van der Waals surface area contributed by atoms with Crippen molar-refractivity contribution in [2.75, 3.05) is 6.54 Å². The van der Waals surface area contributed by atoms with E-state index in [2.05, 4.69) is 20.6 Å². The molecule has 0 aliphatic rings. The number of nitrogens with one attached hydrogen (secondary N) is 1. The largest absolute Gasteiger partial charge is 0.433 e. The topological polar surface area (TPSA) is 55.6 Å². The summed E-state index contributed by atoms with van der Waals surface area (Å²) in [6.45, 7) is 2.71. The lowest BCUT2D eigenvalue weighted by molar-refractivity contribution is -0.143. The molecule has 0 aromatic carbocycles. The molecule has 0 aliphatic carbocycles. The van der Waals surface area contributed by atoms with Gasteiger partial charge in [0.25, 0.3) is 0 Å². The van der Waals surface area contributed by atoms with Crippen molar-refractivity contribution >= 4 is 0 Å². The van der Waals surface area contributed by atoms with Gasteiger partial charge in [-0.3, -0.25) is 0 Å². The molecule has 0 unspecified atom stereocenters. The third-order valence-electron chi connectivity index (χ3n) is 2.63. The molecule has 5 nitrogen and oxygen atoms in total. The highest BCUT2D eigenvalue weighted by molar-refractivity contribution is 5.29. The third-order valence-corrected chi connectivity index (χ3v) is 2.63. The molecule has 0 fully saturated rings. The molecule has 108 valence electrons. The van der Waals surface area contributed by atoms with Gasteiger partial charge in [-0.15, -0.1) is 5.10 Å². The van der Waals surface area contributed by atoms with E-state index in [4.69, 9.17) is 0 Å². The second-order valence-corrected chi connectivity index (χ2v) is 4.19. The summed E-state index contributed by atoms with van der Waals surface area (Å²) in [5.74, 6) is 0.0431. The molecule has 8 heteroatoms. The fourth-order valence-electron chi connectivity index (χ4n) is 1.79. The quantitative estimate of drug-likeness (QED) is 0.856. The Labute approximate surface area is 113 Å². The van der Waals surface area contributed by atoms with Gasteiger partial charge < -0.3 is 5.32 Å². The average molecular weight is 285 g/mol. The zero-order valence-electron chi connectivity index (χ0n) is 10.9. The zero-order valence-corrected chi connectivity index (χ0v) is 10.9. The summed E-state index contributed by atoms with van der Waals surface area (Å²) >= 11 is 0. The SMILES string of the molecule is CCCNCc1cnn(-c2cccnn2)c1C(F)(F)F. The molecule has 2 aromatic heterocycles. The molecule has 0 spiro atoms. The van der Waals surface area contributed by atoms with Crippen molar-refractivity contribution in [1.82, 2.24) is 25.3 Å². The van der Waals surface area contributed by atoms with Crippen molar-refractivity contribution in [3.63, 3.8) is 0 Å². The Kier molecular flexibility index (Phi) is 4.33. The number of halogens is 3. The van der Waals surface area contributed by atoms with Gasteiger partial charge in [0.15, 0.2) is 11.5 Å². The molecule has 0 saturated carbocycles. The molecule has 20 heavy (non-hydrogen) atoms. The second-order valence-electron chi connectivity index (χ2n) is 4.19. The van der Waals surface area contributed by atoms with Crippen LogP contribution in [0.15, 0.2) is 24.5 Å². The Morgan fingerprint density at radius 1 is 1.35 bits per heavy atom. The maximum atomic E-state index is 13.2. The number of hydrogen-bond acceptors (Lipinski definition) is 4. The third kappa shape index (κ3) is 3.13. The van der Waals surface area contributed by atoms with Crippen LogP contribution in [0.2, 0.25) is 0 Å². The standard InChI is InChI=1S/C12H14F3N5/c1-2-5-16-7-9-8-18-20(11(9)12(13,14)15)10-4-3-6-17-19-10/h3-4,6,8,16H,2,5,7H2,1H3. The van der Waals surface area contributed by atoms with Gasteiger partial charge >= 0.3 is 6.18 Å². The first-order valence-electron chi connectivity index (χ1n) is 6.17. The lowest BCUT2D eigenvalue weighted by Gasteiger charge is -2.12. The molecule has 0 atom stereocenters. The minimum Gasteiger partial charge on any atom is -0.313 e. The maximum absolute atomic E-state index is 13.2. The number of alkyl halides is 3. The summed E-state index contributed by atoms with van der Waals surface area (Å²) in [6, 6.07) is 2.94. The summed E-state index contributed by atoms with van der Waals surface area (Å²) in [5.41, 5.74) is -0.724. The van der Waals surface area contributed by atoms with Crippen LogP contribution in [0, 0.1) is 0 Å². The first-order chi connectivity index (χ1) is 9.54. The number of hydrogen-bond donors (Lipinski definition) is 1. The molecule has 0 bridgehead atoms. The Hall–Kier alpha value is -1.96. The van der Waals surface area contributed by atoms with Gasteiger partial charge in [0.2, 0.25) is 0 Å². The molecule has 2 aromatic rings. The second kappa shape index (κ2) is 6.00. The first-order valence-corrected chi connectivity index (χ1v) is 6.17. The molecule has 2 rings (SSSR count). The van der Waals surface area contributed by atoms with Crippen LogP contribution in [0.4, 0.5) is 13.2 Å². The van der Waals surface area contributed by atoms with Gasteiger partial charge in [0.1, 0.15) is 0 Å². The summed E-state index contributed by atoms with van der Waals surface area (Å²) in [7, 11) is 0. The van der Waals surface area contributed by atoms with Crippen molar-refractivity contribution in [1.29, 1.82) is 0 Å². The van der Waals surface area contributed by atoms with Gasteiger partial charge in [-0.25, -0.2) is 4.68 Å². The summed E-state index contributed by atoms with van der Waals surface area (Å²) in [5, 5.41) is 14.0. The van der Waals surface area contributed by atoms with E-state index in [-0.39, 0.29) is 17.9 Å². The van der Waals surface area contributed by atoms with Crippen molar-refractivity contribution in [3.8, 4) is 5.82 Å². The Morgan fingerprint density at radius 3 is 2.75 bits per heavy atom. The fraction of sp³-hybridized carbons (Fsp3) is 0.417. The molecule has 2 heterocycles. The fourth-order valence-corrected chi connectivity index (χ4v) is 1.79. The van der Waals surface area contributed by atoms with E-state index in [9.17, 15) is 13.2 Å². The molecule has 0 radical (unpaired) electrons.